The molecule has 2 heterocycles. The molecule has 4 rings (SSSR count). The number of nitrogens with one attached hydrogen (secondary N) is 1. The van der Waals surface area contributed by atoms with Crippen molar-refractivity contribution in [1.29, 1.82) is 0 Å². The molecule has 27 heavy (non-hydrogen) atoms. The van der Waals surface area contributed by atoms with Gasteiger partial charge in [0.15, 0.2) is 0 Å². The molecule has 1 aromatic heterocycles. The highest BCUT2D eigenvalue weighted by Gasteiger charge is 2.48. The maximum atomic E-state index is 13.3. The van der Waals surface area contributed by atoms with Crippen molar-refractivity contribution >= 4 is 34.3 Å². The highest BCUT2D eigenvalue weighted by atomic mass is 35.5. The summed E-state index contributed by atoms with van der Waals surface area (Å²) in [6.45, 7) is 0.590. The summed E-state index contributed by atoms with van der Waals surface area (Å²) in [5.74, 6) is -0.0254. The van der Waals surface area contributed by atoms with E-state index in [-0.39, 0.29) is 11.3 Å². The fraction of sp³-hybridized carbons (Fsp3) is 0.500. The second kappa shape index (κ2) is 6.75. The molecule has 2 fully saturated rings. The lowest BCUT2D eigenvalue weighted by molar-refractivity contribution is -0.121. The third-order valence-electron chi connectivity index (χ3n) is 6.13. The first-order chi connectivity index (χ1) is 12.9. The van der Waals surface area contributed by atoms with Gasteiger partial charge in [0.1, 0.15) is 17.5 Å². The SMILES string of the molecule is COc1cc(Cl)cc2[nH]c(C(=O)N3CC4(CCCCC4)CC3C(N)=O)cc12. The van der Waals surface area contributed by atoms with Crippen molar-refractivity contribution in [3.05, 3.63) is 28.9 Å². The van der Waals surface area contributed by atoms with Gasteiger partial charge in [0, 0.05) is 17.0 Å². The Balaban J connectivity index is 1.68. The van der Waals surface area contributed by atoms with Gasteiger partial charge < -0.3 is 20.4 Å². The number of nitrogens with two attached hydrogens (primary N) is 1. The molecule has 1 atom stereocenters. The monoisotopic (exact) mass is 389 g/mol. The summed E-state index contributed by atoms with van der Waals surface area (Å²) in [5.41, 5.74) is 6.83. The predicted molar refractivity (Wildman–Crippen MR) is 104 cm³/mol. The largest absolute Gasteiger partial charge is 0.496 e. The van der Waals surface area contributed by atoms with E-state index in [4.69, 9.17) is 22.1 Å². The fourth-order valence-corrected chi connectivity index (χ4v) is 5.01. The number of H-pyrrole nitrogens is 1. The summed E-state index contributed by atoms with van der Waals surface area (Å²) in [4.78, 5) is 30.1. The minimum absolute atomic E-state index is 0.0284. The van der Waals surface area contributed by atoms with Gasteiger partial charge in [-0.3, -0.25) is 9.59 Å². The lowest BCUT2D eigenvalue weighted by atomic mass is 9.72. The second-order valence-electron chi connectivity index (χ2n) is 7.87. The van der Waals surface area contributed by atoms with Crippen LogP contribution in [0.1, 0.15) is 49.0 Å². The normalized spacial score (nSPS) is 21.7. The molecule has 1 aromatic carbocycles. The number of benzene rings is 1. The number of carbonyl (C=O) groups is 2. The zero-order valence-electron chi connectivity index (χ0n) is 15.4. The molecule has 2 amide bonds. The van der Waals surface area contributed by atoms with Gasteiger partial charge in [0.2, 0.25) is 5.91 Å². The van der Waals surface area contributed by atoms with E-state index in [0.29, 0.717) is 29.4 Å². The minimum atomic E-state index is -0.549. The number of nitrogens with zero attached hydrogens (tertiary/aromatic N) is 1. The van der Waals surface area contributed by atoms with Gasteiger partial charge in [-0.15, -0.1) is 0 Å². The molecule has 3 N–H and O–H groups in total. The van der Waals surface area contributed by atoms with Crippen LogP contribution in [0.25, 0.3) is 10.9 Å². The number of amides is 2. The molecule has 1 unspecified atom stereocenters. The Kier molecular flexibility index (Phi) is 4.54. The molecule has 1 spiro atoms. The van der Waals surface area contributed by atoms with Crippen LogP contribution in [0.2, 0.25) is 5.02 Å². The number of hydrogen-bond donors (Lipinski definition) is 2. The molecule has 2 aromatic rings. The third kappa shape index (κ3) is 3.16. The minimum Gasteiger partial charge on any atom is -0.496 e. The lowest BCUT2D eigenvalue weighted by Gasteiger charge is -2.32. The molecule has 0 bridgehead atoms. The van der Waals surface area contributed by atoms with Crippen molar-refractivity contribution in [1.82, 2.24) is 9.88 Å². The molecule has 144 valence electrons. The number of carbonyl (C=O) groups excluding carboxylic acids is 2. The molecule has 1 aliphatic heterocycles. The Morgan fingerprint density at radius 2 is 2.00 bits per heavy atom. The van der Waals surface area contributed by atoms with E-state index in [0.717, 1.165) is 36.6 Å². The van der Waals surface area contributed by atoms with Crippen LogP contribution in [-0.2, 0) is 4.79 Å². The van der Waals surface area contributed by atoms with Gasteiger partial charge in [-0.05, 0) is 42.9 Å². The Morgan fingerprint density at radius 1 is 1.26 bits per heavy atom. The summed E-state index contributed by atoms with van der Waals surface area (Å²) in [7, 11) is 1.57. The van der Waals surface area contributed by atoms with E-state index in [2.05, 4.69) is 4.98 Å². The summed E-state index contributed by atoms with van der Waals surface area (Å²) in [6, 6.07) is 4.68. The summed E-state index contributed by atoms with van der Waals surface area (Å²) in [6.07, 6.45) is 6.29. The number of methoxy groups -OCH3 is 1. The third-order valence-corrected chi connectivity index (χ3v) is 6.35. The average molecular weight is 390 g/mol. The Morgan fingerprint density at radius 3 is 2.67 bits per heavy atom. The zero-order valence-corrected chi connectivity index (χ0v) is 16.1. The first-order valence-corrected chi connectivity index (χ1v) is 9.77. The molecule has 6 nitrogen and oxygen atoms in total. The van der Waals surface area contributed by atoms with Gasteiger partial charge in [0.25, 0.3) is 5.91 Å². The van der Waals surface area contributed by atoms with E-state index >= 15 is 0 Å². The first-order valence-electron chi connectivity index (χ1n) is 9.39. The van der Waals surface area contributed by atoms with Crippen molar-refractivity contribution in [2.24, 2.45) is 11.1 Å². The van der Waals surface area contributed by atoms with Crippen molar-refractivity contribution < 1.29 is 14.3 Å². The van der Waals surface area contributed by atoms with Crippen LogP contribution in [0, 0.1) is 5.41 Å². The van der Waals surface area contributed by atoms with Crippen LogP contribution in [0.3, 0.4) is 0 Å². The summed E-state index contributed by atoms with van der Waals surface area (Å²) >= 11 is 6.12. The smallest absolute Gasteiger partial charge is 0.271 e. The van der Waals surface area contributed by atoms with Crippen molar-refractivity contribution in [3.8, 4) is 5.75 Å². The van der Waals surface area contributed by atoms with Crippen LogP contribution in [-0.4, -0.2) is 41.4 Å². The number of ether oxygens (including phenoxy) is 1. The van der Waals surface area contributed by atoms with E-state index < -0.39 is 11.9 Å². The predicted octanol–water partition coefficient (Wildman–Crippen LogP) is 3.48. The molecule has 1 aliphatic carbocycles. The number of aromatic nitrogens is 1. The molecule has 0 radical (unpaired) electrons. The standard InChI is InChI=1S/C20H24ClN3O3/c1-27-17-8-12(21)7-14-13(17)9-15(23-14)19(26)24-11-20(5-3-2-4-6-20)10-16(24)18(22)25/h7-9,16,23H,2-6,10-11H2,1H3,(H2,22,25). The topological polar surface area (TPSA) is 88.4 Å². The Labute approximate surface area is 163 Å². The molecule has 2 aliphatic rings. The Hall–Kier alpha value is -2.21. The highest BCUT2D eigenvalue weighted by Crippen LogP contribution is 2.46. The number of aromatic amines is 1. The van der Waals surface area contributed by atoms with Crippen LogP contribution in [0.5, 0.6) is 5.75 Å². The van der Waals surface area contributed by atoms with Gasteiger partial charge >= 0.3 is 0 Å². The van der Waals surface area contributed by atoms with Crippen molar-refractivity contribution in [3.63, 3.8) is 0 Å². The lowest BCUT2D eigenvalue weighted by Crippen LogP contribution is -2.44. The molecule has 1 saturated heterocycles. The van der Waals surface area contributed by atoms with Crippen molar-refractivity contribution in [2.45, 2.75) is 44.6 Å². The molecule has 1 saturated carbocycles. The molecule has 7 heteroatoms. The zero-order chi connectivity index (χ0) is 19.2. The molecular weight excluding hydrogens is 366 g/mol. The average Bonchev–Trinajstić information content (AvgIpc) is 3.23. The summed E-state index contributed by atoms with van der Waals surface area (Å²) in [5, 5.41) is 1.31. The van der Waals surface area contributed by atoms with E-state index in [1.54, 1.807) is 30.2 Å². The number of primary amides is 1. The van der Waals surface area contributed by atoms with E-state index in [1.165, 1.54) is 6.42 Å². The van der Waals surface area contributed by atoms with Gasteiger partial charge in [-0.1, -0.05) is 30.9 Å². The van der Waals surface area contributed by atoms with Crippen LogP contribution < -0.4 is 10.5 Å². The quantitative estimate of drug-likeness (QED) is 0.842. The number of halogens is 1. The van der Waals surface area contributed by atoms with Gasteiger partial charge in [-0.25, -0.2) is 0 Å². The van der Waals surface area contributed by atoms with Crippen LogP contribution >= 0.6 is 11.6 Å². The Bertz CT molecular complexity index is 901. The fourth-order valence-electron chi connectivity index (χ4n) is 4.80. The van der Waals surface area contributed by atoms with Crippen molar-refractivity contribution in [2.75, 3.05) is 13.7 Å². The number of likely N-dealkylation sites (tertiary alicyclic amines) is 1. The number of hydrogen-bond acceptors (Lipinski definition) is 3. The number of fused-ring (bicyclic) bond motifs is 1. The molecular formula is C20H24ClN3O3. The first kappa shape index (κ1) is 18.2. The number of rotatable bonds is 3. The van der Waals surface area contributed by atoms with Gasteiger partial charge in [0.05, 0.1) is 12.6 Å². The maximum Gasteiger partial charge on any atom is 0.271 e. The highest BCUT2D eigenvalue weighted by molar-refractivity contribution is 6.31. The maximum absolute atomic E-state index is 13.3. The van der Waals surface area contributed by atoms with Crippen LogP contribution in [0.4, 0.5) is 0 Å². The van der Waals surface area contributed by atoms with Crippen LogP contribution in [0.15, 0.2) is 18.2 Å². The van der Waals surface area contributed by atoms with E-state index in [9.17, 15) is 9.59 Å². The summed E-state index contributed by atoms with van der Waals surface area (Å²) < 4.78 is 5.37. The van der Waals surface area contributed by atoms with Gasteiger partial charge in [-0.2, -0.15) is 0 Å². The van der Waals surface area contributed by atoms with E-state index in [1.807, 2.05) is 0 Å². The second-order valence-corrected chi connectivity index (χ2v) is 8.30.